The number of nitrogens with two attached hydrogens (primary N) is 1. The number of nitrogens with zero attached hydrogens (tertiary/aromatic N) is 3. The van der Waals surface area contributed by atoms with E-state index in [9.17, 15) is 0 Å². The van der Waals surface area contributed by atoms with Crippen molar-refractivity contribution in [3.63, 3.8) is 0 Å². The van der Waals surface area contributed by atoms with Crippen LogP contribution in [-0.2, 0) is 6.54 Å². The molecular weight excluding hydrogens is 296 g/mol. The lowest BCUT2D eigenvalue weighted by Crippen LogP contribution is -2.00. The van der Waals surface area contributed by atoms with Gasteiger partial charge in [0.1, 0.15) is 6.33 Å². The van der Waals surface area contributed by atoms with Gasteiger partial charge in [-0.05, 0) is 54.5 Å². The Kier molecular flexibility index (Phi) is 3.89. The van der Waals surface area contributed by atoms with Gasteiger partial charge in [-0.1, -0.05) is 12.1 Å². The summed E-state index contributed by atoms with van der Waals surface area (Å²) in [6.45, 7) is 2.67. The van der Waals surface area contributed by atoms with E-state index in [-0.39, 0.29) is 12.4 Å². The lowest BCUT2D eigenvalue weighted by molar-refractivity contribution is 0.899. The Morgan fingerprint density at radius 1 is 1.27 bits per heavy atom. The fraction of sp³-hybridized carbons (Fsp3) is 0.294. The highest BCUT2D eigenvalue weighted by molar-refractivity contribution is 5.85. The van der Waals surface area contributed by atoms with Crippen LogP contribution in [0.2, 0.25) is 0 Å². The third-order valence-corrected chi connectivity index (χ3v) is 4.31. The van der Waals surface area contributed by atoms with Gasteiger partial charge < -0.3 is 5.73 Å². The van der Waals surface area contributed by atoms with E-state index in [0.29, 0.717) is 6.54 Å². The molecule has 0 amide bonds. The molecular formula is C17H19ClN4. The van der Waals surface area contributed by atoms with Crippen molar-refractivity contribution in [2.45, 2.75) is 32.2 Å². The first-order chi connectivity index (χ1) is 10.3. The molecule has 0 saturated heterocycles. The Morgan fingerprint density at radius 2 is 2.09 bits per heavy atom. The molecule has 0 bridgehead atoms. The van der Waals surface area contributed by atoms with Gasteiger partial charge in [-0.15, -0.1) is 12.4 Å². The molecule has 5 heteroatoms. The van der Waals surface area contributed by atoms with E-state index >= 15 is 0 Å². The summed E-state index contributed by atoms with van der Waals surface area (Å²) in [6.07, 6.45) is 6.36. The average molecular weight is 315 g/mol. The highest BCUT2D eigenvalue weighted by Crippen LogP contribution is 2.41. The lowest BCUT2D eigenvalue weighted by atomic mass is 10.0. The number of benzene rings is 1. The minimum atomic E-state index is 0. The van der Waals surface area contributed by atoms with Crippen LogP contribution in [0.15, 0.2) is 36.8 Å². The van der Waals surface area contributed by atoms with Gasteiger partial charge in [0.25, 0.3) is 0 Å². The fourth-order valence-electron chi connectivity index (χ4n) is 2.88. The number of fused-ring (bicyclic) bond motifs is 1. The summed E-state index contributed by atoms with van der Waals surface area (Å²) >= 11 is 0. The Labute approximate surface area is 135 Å². The average Bonchev–Trinajstić information content (AvgIpc) is 3.25. The summed E-state index contributed by atoms with van der Waals surface area (Å²) in [4.78, 5) is 4.50. The molecule has 1 aromatic carbocycles. The Balaban J connectivity index is 0.00000144. The molecule has 4 nitrogen and oxygen atoms in total. The summed E-state index contributed by atoms with van der Waals surface area (Å²) in [6, 6.07) is 8.59. The quantitative estimate of drug-likeness (QED) is 0.805. The molecule has 0 atom stereocenters. The minimum Gasteiger partial charge on any atom is -0.326 e. The van der Waals surface area contributed by atoms with Gasteiger partial charge in [-0.25, -0.2) is 9.50 Å². The number of hydrogen-bond acceptors (Lipinski definition) is 3. The normalized spacial score (nSPS) is 14.1. The van der Waals surface area contributed by atoms with Crippen molar-refractivity contribution in [1.82, 2.24) is 14.6 Å². The van der Waals surface area contributed by atoms with Gasteiger partial charge >= 0.3 is 0 Å². The molecule has 0 unspecified atom stereocenters. The van der Waals surface area contributed by atoms with Crippen LogP contribution >= 0.6 is 12.4 Å². The first-order valence-electron chi connectivity index (χ1n) is 7.39. The van der Waals surface area contributed by atoms with Crippen molar-refractivity contribution in [3.05, 3.63) is 53.5 Å². The van der Waals surface area contributed by atoms with E-state index in [4.69, 9.17) is 5.73 Å². The van der Waals surface area contributed by atoms with E-state index in [1.807, 2.05) is 4.52 Å². The molecule has 1 saturated carbocycles. The zero-order valence-electron chi connectivity index (χ0n) is 12.5. The van der Waals surface area contributed by atoms with Crippen LogP contribution in [0.3, 0.4) is 0 Å². The molecule has 0 aliphatic heterocycles. The molecule has 1 fully saturated rings. The van der Waals surface area contributed by atoms with Crippen molar-refractivity contribution < 1.29 is 0 Å². The molecule has 2 N–H and O–H groups in total. The van der Waals surface area contributed by atoms with Gasteiger partial charge in [0, 0.05) is 18.3 Å². The van der Waals surface area contributed by atoms with Crippen molar-refractivity contribution in [2.24, 2.45) is 5.73 Å². The van der Waals surface area contributed by atoms with Crippen LogP contribution in [0.4, 0.5) is 0 Å². The third kappa shape index (κ3) is 2.49. The van der Waals surface area contributed by atoms with E-state index in [1.54, 1.807) is 6.33 Å². The smallest absolute Gasteiger partial charge is 0.137 e. The maximum Gasteiger partial charge on any atom is 0.137 e. The first kappa shape index (κ1) is 15.0. The zero-order chi connectivity index (χ0) is 14.4. The summed E-state index contributed by atoms with van der Waals surface area (Å²) in [5, 5.41) is 4.34. The molecule has 2 heterocycles. The van der Waals surface area contributed by atoms with Crippen molar-refractivity contribution in [3.8, 4) is 11.3 Å². The molecule has 4 rings (SSSR count). The molecule has 22 heavy (non-hydrogen) atoms. The van der Waals surface area contributed by atoms with Gasteiger partial charge in [-0.3, -0.25) is 0 Å². The van der Waals surface area contributed by atoms with Gasteiger partial charge in [0.2, 0.25) is 0 Å². The van der Waals surface area contributed by atoms with E-state index in [0.717, 1.165) is 22.7 Å². The second kappa shape index (κ2) is 5.71. The van der Waals surface area contributed by atoms with Crippen molar-refractivity contribution in [2.75, 3.05) is 0 Å². The molecule has 3 aromatic rings. The largest absolute Gasteiger partial charge is 0.326 e. The van der Waals surface area contributed by atoms with Crippen LogP contribution < -0.4 is 5.73 Å². The number of halogens is 1. The zero-order valence-corrected chi connectivity index (χ0v) is 13.3. The molecule has 114 valence electrons. The van der Waals surface area contributed by atoms with Crippen LogP contribution in [-0.4, -0.2) is 14.6 Å². The second-order valence-electron chi connectivity index (χ2n) is 5.83. The Hall–Kier alpha value is -1.91. The Bertz CT molecular complexity index is 821. The maximum absolute atomic E-state index is 5.74. The lowest BCUT2D eigenvalue weighted by Gasteiger charge is -2.07. The van der Waals surface area contributed by atoms with Crippen molar-refractivity contribution >= 4 is 17.9 Å². The van der Waals surface area contributed by atoms with E-state index < -0.39 is 0 Å². The summed E-state index contributed by atoms with van der Waals surface area (Å²) in [5.74, 6) is 0.723. The first-order valence-corrected chi connectivity index (χ1v) is 7.39. The second-order valence-corrected chi connectivity index (χ2v) is 5.83. The van der Waals surface area contributed by atoms with Crippen LogP contribution in [0.1, 0.15) is 35.4 Å². The highest BCUT2D eigenvalue weighted by atomic mass is 35.5. The summed E-state index contributed by atoms with van der Waals surface area (Å²) < 4.78 is 1.95. The SMILES string of the molecule is Cc1cc(-c2ncnn3cc(C4CC4)cc23)ccc1CN.Cl. The van der Waals surface area contributed by atoms with Gasteiger partial charge in [0.05, 0.1) is 11.2 Å². The van der Waals surface area contributed by atoms with Crippen LogP contribution in [0, 0.1) is 6.92 Å². The van der Waals surface area contributed by atoms with Gasteiger partial charge in [0.15, 0.2) is 0 Å². The molecule has 2 aromatic heterocycles. The van der Waals surface area contributed by atoms with Gasteiger partial charge in [-0.2, -0.15) is 5.10 Å². The van der Waals surface area contributed by atoms with Crippen molar-refractivity contribution in [1.29, 1.82) is 0 Å². The van der Waals surface area contributed by atoms with E-state index in [2.05, 4.69) is 47.5 Å². The predicted molar refractivity (Wildman–Crippen MR) is 90.3 cm³/mol. The number of aryl methyl sites for hydroxylation is 1. The van der Waals surface area contributed by atoms with E-state index in [1.165, 1.54) is 29.5 Å². The fourth-order valence-corrected chi connectivity index (χ4v) is 2.88. The molecule has 0 spiro atoms. The monoisotopic (exact) mass is 314 g/mol. The minimum absolute atomic E-state index is 0. The molecule has 1 aliphatic rings. The van der Waals surface area contributed by atoms with Crippen LogP contribution in [0.25, 0.3) is 16.8 Å². The molecule has 0 radical (unpaired) electrons. The summed E-state index contributed by atoms with van der Waals surface area (Å²) in [5.41, 5.74) is 12.7. The topological polar surface area (TPSA) is 56.2 Å². The number of hydrogen-bond donors (Lipinski definition) is 1. The standard InChI is InChI=1S/C17H18N4.ClH/c1-11-6-13(4-5-14(11)8-18)17-16-7-15(12-2-3-12)9-21(16)20-10-19-17;/h4-7,9-10,12H,2-3,8,18H2,1H3;1H. The highest BCUT2D eigenvalue weighted by Gasteiger charge is 2.25. The summed E-state index contributed by atoms with van der Waals surface area (Å²) in [7, 11) is 0. The van der Waals surface area contributed by atoms with Crippen LogP contribution in [0.5, 0.6) is 0 Å². The maximum atomic E-state index is 5.74. The Morgan fingerprint density at radius 3 is 2.77 bits per heavy atom. The molecule has 1 aliphatic carbocycles. The number of aromatic nitrogens is 3. The number of rotatable bonds is 3. The predicted octanol–water partition coefficient (Wildman–Crippen LogP) is 3.46. The third-order valence-electron chi connectivity index (χ3n) is 4.31.